The van der Waals surface area contributed by atoms with E-state index in [4.69, 9.17) is 9.15 Å². The fourth-order valence-electron chi connectivity index (χ4n) is 2.43. The Hall–Kier alpha value is -1.49. The van der Waals surface area contributed by atoms with Gasteiger partial charge in [-0.05, 0) is 37.3 Å². The molecule has 118 valence electrons. The van der Waals surface area contributed by atoms with Gasteiger partial charge in [-0.1, -0.05) is 13.3 Å². The predicted octanol–water partition coefficient (Wildman–Crippen LogP) is 2.54. The van der Waals surface area contributed by atoms with E-state index in [-0.39, 0.29) is 0 Å². The highest BCUT2D eigenvalue weighted by atomic mass is 16.5. The number of nitrogens with zero attached hydrogens (tertiary/aromatic N) is 1. The summed E-state index contributed by atoms with van der Waals surface area (Å²) < 4.78 is 10.7. The Kier molecular flexibility index (Phi) is 6.60. The van der Waals surface area contributed by atoms with Crippen LogP contribution in [0.3, 0.4) is 0 Å². The van der Waals surface area contributed by atoms with Crippen LogP contribution in [0.15, 0.2) is 27.8 Å². The first-order valence-corrected chi connectivity index (χ1v) is 7.90. The van der Waals surface area contributed by atoms with Crippen LogP contribution in [0.25, 0.3) is 0 Å². The van der Waals surface area contributed by atoms with Gasteiger partial charge in [-0.3, -0.25) is 4.99 Å². The molecule has 5 heteroatoms. The van der Waals surface area contributed by atoms with Crippen LogP contribution in [0.2, 0.25) is 0 Å². The fourth-order valence-corrected chi connectivity index (χ4v) is 2.43. The van der Waals surface area contributed by atoms with Crippen molar-refractivity contribution in [3.8, 4) is 0 Å². The minimum absolute atomic E-state index is 0.542. The number of ether oxygens (including phenoxy) is 1. The maximum Gasteiger partial charge on any atom is 0.191 e. The van der Waals surface area contributed by atoms with E-state index in [0.29, 0.717) is 19.3 Å². The van der Waals surface area contributed by atoms with E-state index in [2.05, 4.69) is 22.5 Å². The van der Waals surface area contributed by atoms with Crippen LogP contribution in [0.4, 0.5) is 0 Å². The van der Waals surface area contributed by atoms with Crippen molar-refractivity contribution in [2.75, 3.05) is 20.2 Å². The Morgan fingerprint density at radius 2 is 2.43 bits per heavy atom. The van der Waals surface area contributed by atoms with Crippen LogP contribution in [0.1, 0.15) is 38.4 Å². The van der Waals surface area contributed by atoms with Crippen molar-refractivity contribution in [2.24, 2.45) is 10.9 Å². The van der Waals surface area contributed by atoms with Gasteiger partial charge in [0.25, 0.3) is 0 Å². The molecule has 2 atom stereocenters. The average Bonchev–Trinajstić information content (AvgIpc) is 3.01. The predicted molar refractivity (Wildman–Crippen MR) is 84.3 cm³/mol. The fraction of sp³-hybridized carbons (Fsp3) is 0.688. The monoisotopic (exact) mass is 293 g/mol. The van der Waals surface area contributed by atoms with Gasteiger partial charge >= 0.3 is 0 Å². The van der Waals surface area contributed by atoms with Crippen molar-refractivity contribution in [3.63, 3.8) is 0 Å². The molecule has 0 saturated heterocycles. The summed E-state index contributed by atoms with van der Waals surface area (Å²) in [7, 11) is 1.82. The van der Waals surface area contributed by atoms with Crippen molar-refractivity contribution >= 4 is 5.96 Å². The third kappa shape index (κ3) is 5.79. The lowest BCUT2D eigenvalue weighted by atomic mass is 10.2. The van der Waals surface area contributed by atoms with E-state index in [1.54, 1.807) is 6.26 Å². The summed E-state index contributed by atoms with van der Waals surface area (Å²) in [4.78, 5) is 4.26. The highest BCUT2D eigenvalue weighted by molar-refractivity contribution is 5.80. The summed E-state index contributed by atoms with van der Waals surface area (Å²) in [6.45, 7) is 4.36. The van der Waals surface area contributed by atoms with Crippen LogP contribution < -0.4 is 10.6 Å². The number of hydrogen-bond donors (Lipinski definition) is 2. The lowest BCUT2D eigenvalue weighted by Gasteiger charge is -2.11. The molecule has 21 heavy (non-hydrogen) atoms. The second-order valence-electron chi connectivity index (χ2n) is 5.52. The largest absolute Gasteiger partial charge is 0.467 e. The van der Waals surface area contributed by atoms with E-state index < -0.39 is 0 Å². The van der Waals surface area contributed by atoms with Crippen LogP contribution in [0, 0.1) is 5.92 Å². The number of hydrogen-bond acceptors (Lipinski definition) is 3. The smallest absolute Gasteiger partial charge is 0.191 e. The molecule has 0 aliphatic heterocycles. The molecule has 1 heterocycles. The Labute approximate surface area is 127 Å². The van der Waals surface area contributed by atoms with Crippen molar-refractivity contribution in [1.82, 2.24) is 10.6 Å². The first kappa shape index (κ1) is 15.9. The molecule has 5 nitrogen and oxygen atoms in total. The molecule has 1 fully saturated rings. The molecule has 1 saturated carbocycles. The zero-order valence-corrected chi connectivity index (χ0v) is 13.1. The zero-order chi connectivity index (χ0) is 14.9. The second kappa shape index (κ2) is 8.72. The minimum Gasteiger partial charge on any atom is -0.467 e. The lowest BCUT2D eigenvalue weighted by molar-refractivity contribution is 0.105. The molecule has 1 aliphatic rings. The van der Waals surface area contributed by atoms with Crippen molar-refractivity contribution in [2.45, 2.75) is 45.3 Å². The first-order valence-electron chi connectivity index (χ1n) is 7.90. The number of nitrogens with one attached hydrogen (secondary N) is 2. The molecule has 1 aromatic heterocycles. The summed E-state index contributed by atoms with van der Waals surface area (Å²) in [5, 5.41) is 6.80. The van der Waals surface area contributed by atoms with Gasteiger partial charge in [-0.2, -0.15) is 0 Å². The molecule has 0 amide bonds. The SMILES string of the molecule is CCCC1CC1NC(=NC)NCCCOCc1ccco1. The summed E-state index contributed by atoms with van der Waals surface area (Å²) in [6.07, 6.45) is 6.47. The third-order valence-corrected chi connectivity index (χ3v) is 3.71. The Bertz CT molecular complexity index is 417. The second-order valence-corrected chi connectivity index (χ2v) is 5.52. The number of aliphatic imine (C=N–C) groups is 1. The van der Waals surface area contributed by atoms with E-state index in [0.717, 1.165) is 30.6 Å². The van der Waals surface area contributed by atoms with Crippen LogP contribution in [-0.2, 0) is 11.3 Å². The quantitative estimate of drug-likeness (QED) is 0.417. The molecule has 2 unspecified atom stereocenters. The molecular weight excluding hydrogens is 266 g/mol. The number of furan rings is 1. The van der Waals surface area contributed by atoms with Crippen molar-refractivity contribution < 1.29 is 9.15 Å². The Morgan fingerprint density at radius 3 is 3.14 bits per heavy atom. The van der Waals surface area contributed by atoms with Crippen molar-refractivity contribution in [3.05, 3.63) is 24.2 Å². The van der Waals surface area contributed by atoms with E-state index in [9.17, 15) is 0 Å². The highest BCUT2D eigenvalue weighted by Gasteiger charge is 2.36. The summed E-state index contributed by atoms with van der Waals surface area (Å²) in [5.41, 5.74) is 0. The lowest BCUT2D eigenvalue weighted by Crippen LogP contribution is -2.39. The van der Waals surface area contributed by atoms with Crippen LogP contribution >= 0.6 is 0 Å². The van der Waals surface area contributed by atoms with Gasteiger partial charge in [-0.25, -0.2) is 0 Å². The van der Waals surface area contributed by atoms with Crippen molar-refractivity contribution in [1.29, 1.82) is 0 Å². The first-order chi connectivity index (χ1) is 10.3. The van der Waals surface area contributed by atoms with Gasteiger partial charge < -0.3 is 19.8 Å². The average molecular weight is 293 g/mol. The van der Waals surface area contributed by atoms with Crippen LogP contribution in [-0.4, -0.2) is 32.2 Å². The molecule has 1 aliphatic carbocycles. The van der Waals surface area contributed by atoms with E-state index >= 15 is 0 Å². The highest BCUT2D eigenvalue weighted by Crippen LogP contribution is 2.34. The maximum atomic E-state index is 5.54. The standard InChI is InChI=1S/C16H27N3O2/c1-3-6-13-11-15(13)19-16(17-2)18-8-5-9-20-12-14-7-4-10-21-14/h4,7,10,13,15H,3,5-6,8-9,11-12H2,1-2H3,(H2,17,18,19). The third-order valence-electron chi connectivity index (χ3n) is 3.71. The topological polar surface area (TPSA) is 58.8 Å². The van der Waals surface area contributed by atoms with Gasteiger partial charge in [0, 0.05) is 26.2 Å². The molecule has 0 aromatic carbocycles. The molecule has 2 rings (SSSR count). The maximum absolute atomic E-state index is 5.54. The van der Waals surface area contributed by atoms with E-state index in [1.165, 1.54) is 19.3 Å². The minimum atomic E-state index is 0.542. The molecule has 1 aromatic rings. The summed E-state index contributed by atoms with van der Waals surface area (Å²) in [6, 6.07) is 4.41. The molecular formula is C16H27N3O2. The summed E-state index contributed by atoms with van der Waals surface area (Å²) in [5.74, 6) is 2.62. The Balaban J connectivity index is 1.49. The van der Waals surface area contributed by atoms with Gasteiger partial charge in [0.05, 0.1) is 6.26 Å². The van der Waals surface area contributed by atoms with Crippen LogP contribution in [0.5, 0.6) is 0 Å². The normalized spacial score (nSPS) is 21.3. The zero-order valence-electron chi connectivity index (χ0n) is 13.1. The molecule has 0 radical (unpaired) electrons. The number of rotatable bonds is 9. The molecule has 0 spiro atoms. The van der Waals surface area contributed by atoms with E-state index in [1.807, 2.05) is 19.2 Å². The van der Waals surface area contributed by atoms with Gasteiger partial charge in [0.1, 0.15) is 12.4 Å². The summed E-state index contributed by atoms with van der Waals surface area (Å²) >= 11 is 0. The van der Waals surface area contributed by atoms with Gasteiger partial charge in [0.15, 0.2) is 5.96 Å². The molecule has 0 bridgehead atoms. The Morgan fingerprint density at radius 1 is 1.52 bits per heavy atom. The molecule has 2 N–H and O–H groups in total. The van der Waals surface area contributed by atoms with Gasteiger partial charge in [0.2, 0.25) is 0 Å². The van der Waals surface area contributed by atoms with Gasteiger partial charge in [-0.15, -0.1) is 0 Å². The number of guanidine groups is 1.